The SMILES string of the molecule is [2H][C@@H](CCCCCCC)N=[N+]=[N-]. The van der Waals surface area contributed by atoms with Crippen LogP contribution in [0.4, 0.5) is 0 Å². The van der Waals surface area contributed by atoms with Gasteiger partial charge in [-0.2, -0.15) is 0 Å². The molecule has 11 heavy (non-hydrogen) atoms. The minimum absolute atomic E-state index is 0.573. The Balaban J connectivity index is 3.13. The molecule has 0 amide bonds. The van der Waals surface area contributed by atoms with Crippen molar-refractivity contribution < 1.29 is 1.37 Å². The van der Waals surface area contributed by atoms with E-state index >= 15 is 0 Å². The van der Waals surface area contributed by atoms with Gasteiger partial charge in [0.1, 0.15) is 0 Å². The first kappa shape index (κ1) is 8.41. The second-order valence-corrected chi connectivity index (χ2v) is 2.59. The summed E-state index contributed by atoms with van der Waals surface area (Å²) in [5.74, 6) is 0. The Bertz CT molecular complexity index is 143. The highest BCUT2D eigenvalue weighted by Crippen LogP contribution is 2.04. The Morgan fingerprint density at radius 1 is 1.27 bits per heavy atom. The number of rotatable bonds is 7. The van der Waals surface area contributed by atoms with Crippen LogP contribution in [0.1, 0.15) is 46.8 Å². The molecule has 0 aliphatic heterocycles. The van der Waals surface area contributed by atoms with Gasteiger partial charge in [0.2, 0.25) is 0 Å². The normalized spacial score (nSPS) is 13.4. The summed E-state index contributed by atoms with van der Waals surface area (Å²) in [6, 6.07) is 0. The molecule has 64 valence electrons. The zero-order chi connectivity index (χ0) is 9.23. The fourth-order valence-corrected chi connectivity index (χ4v) is 0.933. The Morgan fingerprint density at radius 2 is 1.91 bits per heavy atom. The lowest BCUT2D eigenvalue weighted by molar-refractivity contribution is 0.611. The van der Waals surface area contributed by atoms with Crippen molar-refractivity contribution >= 4 is 0 Å². The second-order valence-electron chi connectivity index (χ2n) is 2.59. The lowest BCUT2D eigenvalue weighted by Crippen LogP contribution is -1.81. The Hall–Kier alpha value is -0.690. The van der Waals surface area contributed by atoms with Crippen molar-refractivity contribution in [1.82, 2.24) is 0 Å². The quantitative estimate of drug-likeness (QED) is 0.234. The second kappa shape index (κ2) is 9.31. The van der Waals surface area contributed by atoms with Crippen LogP contribution in [-0.2, 0) is 0 Å². The van der Waals surface area contributed by atoms with E-state index in [1.54, 1.807) is 0 Å². The van der Waals surface area contributed by atoms with Gasteiger partial charge in [0, 0.05) is 12.8 Å². The summed E-state index contributed by atoms with van der Waals surface area (Å²) < 4.78 is 7.23. The smallest absolute Gasteiger partial charge is 0.0324 e. The third kappa shape index (κ3) is 9.31. The fraction of sp³-hybridized carbons (Fsp3) is 1.00. The van der Waals surface area contributed by atoms with E-state index < -0.39 is 6.52 Å². The highest BCUT2D eigenvalue weighted by Gasteiger charge is 1.87. The summed E-state index contributed by atoms with van der Waals surface area (Å²) in [4.78, 5) is 2.59. The molecule has 0 aliphatic carbocycles. The van der Waals surface area contributed by atoms with Crippen molar-refractivity contribution in [1.29, 1.82) is 0 Å². The van der Waals surface area contributed by atoms with Gasteiger partial charge in [0.05, 0.1) is 0 Å². The highest BCUT2D eigenvalue weighted by atomic mass is 15.1. The third-order valence-corrected chi connectivity index (χ3v) is 1.57. The van der Waals surface area contributed by atoms with E-state index in [0.717, 1.165) is 12.8 Å². The first-order chi connectivity index (χ1) is 5.81. The predicted molar refractivity (Wildman–Crippen MR) is 47.4 cm³/mol. The monoisotopic (exact) mass is 156 g/mol. The molecule has 0 saturated heterocycles. The van der Waals surface area contributed by atoms with Crippen molar-refractivity contribution in [2.75, 3.05) is 6.52 Å². The maximum Gasteiger partial charge on any atom is 0.0324 e. The van der Waals surface area contributed by atoms with Gasteiger partial charge in [-0.1, -0.05) is 44.1 Å². The van der Waals surface area contributed by atoms with E-state index in [1.807, 2.05) is 0 Å². The van der Waals surface area contributed by atoms with E-state index in [1.165, 1.54) is 19.3 Å². The molecule has 0 rings (SSSR count). The standard InChI is InChI=1S/C8H17N3/c1-2-3-4-5-6-7-8-10-11-9/h2-8H2,1H3/i8D/t8-/m0/s1. The van der Waals surface area contributed by atoms with Gasteiger partial charge in [-0.25, -0.2) is 0 Å². The van der Waals surface area contributed by atoms with E-state index in [9.17, 15) is 0 Å². The predicted octanol–water partition coefficient (Wildman–Crippen LogP) is 3.66. The lowest BCUT2D eigenvalue weighted by atomic mass is 10.1. The van der Waals surface area contributed by atoms with Crippen LogP contribution < -0.4 is 0 Å². The number of azide groups is 1. The summed E-state index contributed by atoms with van der Waals surface area (Å²) in [6.07, 6.45) is 6.61. The van der Waals surface area contributed by atoms with Crippen LogP contribution in [0, 0.1) is 0 Å². The summed E-state index contributed by atoms with van der Waals surface area (Å²) in [6.45, 7) is 1.60. The molecule has 3 nitrogen and oxygen atoms in total. The molecule has 0 aromatic heterocycles. The molecule has 0 radical (unpaired) electrons. The molecule has 0 N–H and O–H groups in total. The van der Waals surface area contributed by atoms with E-state index in [0.29, 0.717) is 6.42 Å². The number of hydrogen-bond acceptors (Lipinski definition) is 1. The maximum absolute atomic E-state index is 8.02. The largest absolute Gasteiger partial charge is 0.0940 e. The van der Waals surface area contributed by atoms with Crippen LogP contribution >= 0.6 is 0 Å². The fourth-order valence-electron chi connectivity index (χ4n) is 0.933. The number of unbranched alkanes of at least 4 members (excludes halogenated alkanes) is 4. The van der Waals surface area contributed by atoms with Gasteiger partial charge in [-0.15, -0.1) is 0 Å². The topological polar surface area (TPSA) is 48.8 Å². The average molecular weight is 156 g/mol. The molecule has 0 spiro atoms. The molecule has 1 atom stereocenters. The molecule has 0 saturated carbocycles. The van der Waals surface area contributed by atoms with Crippen LogP contribution in [0.2, 0.25) is 0 Å². The zero-order valence-corrected chi connectivity index (χ0v) is 7.16. The molecule has 3 heteroatoms. The van der Waals surface area contributed by atoms with E-state index in [2.05, 4.69) is 16.9 Å². The molecule has 0 aromatic rings. The van der Waals surface area contributed by atoms with Gasteiger partial charge in [0.15, 0.2) is 0 Å². The van der Waals surface area contributed by atoms with Gasteiger partial charge in [-0.05, 0) is 12.0 Å². The van der Waals surface area contributed by atoms with Crippen molar-refractivity contribution in [2.24, 2.45) is 5.11 Å². The molecule has 0 aliphatic rings. The Labute approximate surface area is 69.8 Å². The van der Waals surface area contributed by atoms with Gasteiger partial charge in [-0.3, -0.25) is 0 Å². The van der Waals surface area contributed by atoms with Crippen LogP contribution in [0.25, 0.3) is 10.4 Å². The molecule has 0 heterocycles. The van der Waals surface area contributed by atoms with Gasteiger partial charge in [0.25, 0.3) is 0 Å². The summed E-state index contributed by atoms with van der Waals surface area (Å²) in [5.41, 5.74) is 8.02. The first-order valence-corrected chi connectivity index (χ1v) is 4.27. The number of nitrogens with zero attached hydrogens (tertiary/aromatic N) is 3. The van der Waals surface area contributed by atoms with Crippen LogP contribution in [0.15, 0.2) is 5.11 Å². The summed E-state index contributed by atoms with van der Waals surface area (Å²) in [7, 11) is 0. The van der Waals surface area contributed by atoms with E-state index in [-0.39, 0.29) is 0 Å². The molecular weight excluding hydrogens is 138 g/mol. The summed E-state index contributed by atoms with van der Waals surface area (Å²) in [5, 5.41) is 3.29. The Morgan fingerprint density at radius 3 is 2.55 bits per heavy atom. The molecular formula is C8H17N3. The summed E-state index contributed by atoms with van der Waals surface area (Å²) >= 11 is 0. The highest BCUT2D eigenvalue weighted by molar-refractivity contribution is 4.48. The molecule has 0 unspecified atom stereocenters. The average Bonchev–Trinajstić information content (AvgIpc) is 2.05. The van der Waals surface area contributed by atoms with Gasteiger partial charge < -0.3 is 0 Å². The van der Waals surface area contributed by atoms with Gasteiger partial charge >= 0.3 is 0 Å². The third-order valence-electron chi connectivity index (χ3n) is 1.57. The number of hydrogen-bond donors (Lipinski definition) is 0. The minimum atomic E-state index is -0.573. The molecule has 0 aromatic carbocycles. The molecule has 0 bridgehead atoms. The molecule has 0 fully saturated rings. The van der Waals surface area contributed by atoms with Crippen LogP contribution in [-0.4, -0.2) is 6.52 Å². The van der Waals surface area contributed by atoms with Crippen molar-refractivity contribution in [2.45, 2.75) is 45.4 Å². The van der Waals surface area contributed by atoms with Crippen LogP contribution in [0.3, 0.4) is 0 Å². The maximum atomic E-state index is 8.02. The lowest BCUT2D eigenvalue weighted by Gasteiger charge is -1.96. The van der Waals surface area contributed by atoms with Crippen LogP contribution in [0.5, 0.6) is 0 Å². The van der Waals surface area contributed by atoms with Crippen molar-refractivity contribution in [3.05, 3.63) is 10.4 Å². The first-order valence-electron chi connectivity index (χ1n) is 4.85. The minimum Gasteiger partial charge on any atom is -0.0940 e. The van der Waals surface area contributed by atoms with E-state index in [4.69, 9.17) is 6.90 Å². The Kier molecular flexibility index (Phi) is 7.12. The zero-order valence-electron chi connectivity index (χ0n) is 8.16. The van der Waals surface area contributed by atoms with Crippen molar-refractivity contribution in [3.8, 4) is 0 Å². The van der Waals surface area contributed by atoms with Crippen molar-refractivity contribution in [3.63, 3.8) is 0 Å².